The van der Waals surface area contributed by atoms with Crippen molar-refractivity contribution in [2.45, 2.75) is 12.6 Å². The Bertz CT molecular complexity index is 1190. The number of hydrogen-bond acceptors (Lipinski definition) is 9. The molecule has 0 N–H and O–H groups in total. The fraction of sp³-hybridized carbons (Fsp3) is 0.538. The van der Waals surface area contributed by atoms with Gasteiger partial charge in [0, 0.05) is 4.91 Å². The first-order valence-electron chi connectivity index (χ1n) is 7.86. The molecule has 0 saturated heterocycles. The zero-order valence-corrected chi connectivity index (χ0v) is 19.7. The largest absolute Gasteiger partial charge is 0.224 e. The molecule has 0 aliphatic rings. The van der Waals surface area contributed by atoms with Crippen molar-refractivity contribution in [1.29, 1.82) is 0 Å². The van der Waals surface area contributed by atoms with E-state index in [1.54, 1.807) is 0 Å². The molecule has 17 heteroatoms. The summed E-state index contributed by atoms with van der Waals surface area (Å²) in [4.78, 5) is 2.59. The molecular formula is C13H21N5O8S4. The summed E-state index contributed by atoms with van der Waals surface area (Å²) in [6.45, 7) is -1.05. The summed E-state index contributed by atoms with van der Waals surface area (Å²) < 4.78 is 97.2. The molecule has 0 aliphatic carbocycles. The van der Waals surface area contributed by atoms with Crippen LogP contribution in [0.5, 0.6) is 0 Å². The van der Waals surface area contributed by atoms with E-state index in [9.17, 15) is 33.7 Å². The summed E-state index contributed by atoms with van der Waals surface area (Å²) in [5.74, 6) is 0. The van der Waals surface area contributed by atoms with E-state index < -0.39 is 52.7 Å². The number of nitrogens with zero attached hydrogens (tertiary/aromatic N) is 5. The third-order valence-electron chi connectivity index (χ3n) is 3.65. The predicted molar refractivity (Wildman–Crippen MR) is 110 cm³/mol. The minimum absolute atomic E-state index is 0.00726. The van der Waals surface area contributed by atoms with Crippen LogP contribution in [0.15, 0.2) is 29.4 Å². The summed E-state index contributed by atoms with van der Waals surface area (Å²) in [7, 11) is -17.7. The average molecular weight is 504 g/mol. The van der Waals surface area contributed by atoms with Crippen molar-refractivity contribution in [3.05, 3.63) is 45.8 Å². The molecule has 13 nitrogen and oxygen atoms in total. The van der Waals surface area contributed by atoms with Crippen LogP contribution in [0, 0.1) is 0 Å². The number of sulfonamides is 4. The highest BCUT2D eigenvalue weighted by Gasteiger charge is 2.40. The van der Waals surface area contributed by atoms with E-state index in [1.165, 1.54) is 24.3 Å². The first-order valence-corrected chi connectivity index (χ1v) is 15.3. The van der Waals surface area contributed by atoms with Gasteiger partial charge in [0.1, 0.15) is 0 Å². The molecule has 0 fully saturated rings. The second-order valence-electron chi connectivity index (χ2n) is 6.38. The van der Waals surface area contributed by atoms with Crippen molar-refractivity contribution >= 4 is 40.1 Å². The quantitative estimate of drug-likeness (QED) is 0.241. The van der Waals surface area contributed by atoms with Crippen LogP contribution in [-0.4, -0.2) is 72.7 Å². The molecule has 0 radical (unpaired) electrons. The van der Waals surface area contributed by atoms with E-state index in [-0.39, 0.29) is 19.5 Å². The molecule has 170 valence electrons. The van der Waals surface area contributed by atoms with Gasteiger partial charge in [0.05, 0.1) is 44.2 Å². The normalized spacial score (nSPS) is 14.5. The smallest absolute Gasteiger partial charge is 0.212 e. The molecule has 1 aromatic carbocycles. The van der Waals surface area contributed by atoms with Crippen molar-refractivity contribution in [3.8, 4) is 0 Å². The Morgan fingerprint density at radius 3 is 1.60 bits per heavy atom. The van der Waals surface area contributed by atoms with Crippen LogP contribution in [-0.2, 0) is 46.6 Å². The Balaban J connectivity index is 3.74. The Labute approximate surface area is 176 Å². The molecule has 1 rings (SSSR count). The van der Waals surface area contributed by atoms with Gasteiger partial charge in [-0.2, -0.15) is 0 Å². The van der Waals surface area contributed by atoms with E-state index in [2.05, 4.69) is 10.0 Å². The maximum Gasteiger partial charge on any atom is 0.224 e. The summed E-state index contributed by atoms with van der Waals surface area (Å²) in [5, 5.41) is 3.35. The predicted octanol–water partition coefficient (Wildman–Crippen LogP) is -0.0196. The lowest BCUT2D eigenvalue weighted by Gasteiger charge is -2.31. The van der Waals surface area contributed by atoms with E-state index in [0.29, 0.717) is 30.6 Å². The van der Waals surface area contributed by atoms with Gasteiger partial charge in [-0.1, -0.05) is 36.8 Å². The summed E-state index contributed by atoms with van der Waals surface area (Å²) in [5.41, 5.74) is 8.88. The Morgan fingerprint density at radius 2 is 1.27 bits per heavy atom. The number of azide groups is 1. The Hall–Kier alpha value is -1.75. The van der Waals surface area contributed by atoms with Crippen molar-refractivity contribution in [2.24, 2.45) is 5.11 Å². The molecule has 0 spiro atoms. The first kappa shape index (κ1) is 26.3. The summed E-state index contributed by atoms with van der Waals surface area (Å²) in [6.07, 6.45) is 2.39. The molecule has 1 atom stereocenters. The third-order valence-corrected chi connectivity index (χ3v) is 10.5. The van der Waals surface area contributed by atoms with Gasteiger partial charge in [-0.3, -0.25) is 0 Å². The van der Waals surface area contributed by atoms with E-state index in [1.807, 2.05) is 0 Å². The highest BCUT2D eigenvalue weighted by molar-refractivity contribution is 8.04. The lowest BCUT2D eigenvalue weighted by Crippen LogP contribution is -2.46. The first-order chi connectivity index (χ1) is 13.4. The SMILES string of the molecule is CS(=O)(=O)N(C[C@H](c1ccc(CN=[N+]=[N-])cc1)N(S(C)(=O)=O)S(C)(=O)=O)S(C)(=O)=O. The maximum atomic E-state index is 12.3. The molecule has 0 amide bonds. The van der Waals surface area contributed by atoms with Gasteiger partial charge in [-0.05, 0) is 16.7 Å². The number of benzene rings is 1. The van der Waals surface area contributed by atoms with Crippen LogP contribution < -0.4 is 0 Å². The lowest BCUT2D eigenvalue weighted by molar-refractivity contribution is 0.388. The molecule has 1 aromatic rings. The molecule has 0 heterocycles. The van der Waals surface area contributed by atoms with Crippen molar-refractivity contribution < 1.29 is 33.7 Å². The summed E-state index contributed by atoms with van der Waals surface area (Å²) >= 11 is 0. The molecule has 0 bridgehead atoms. The Morgan fingerprint density at radius 1 is 0.833 bits per heavy atom. The molecule has 0 aliphatic heterocycles. The standard InChI is InChI=1S/C13H21N5O8S4/c1-27(19,20)17(28(2,21)22)10-13(18(29(3,23)24)30(4,25)26)12-7-5-11(6-8-12)9-15-16-14/h5-8,13H,9-10H2,1-4H3/t13-/m1/s1. The van der Waals surface area contributed by atoms with Gasteiger partial charge in [-0.15, -0.1) is 0 Å². The topological polar surface area (TPSA) is 192 Å². The van der Waals surface area contributed by atoms with Crippen molar-refractivity contribution in [1.82, 2.24) is 7.42 Å². The second-order valence-corrected chi connectivity index (χ2v) is 14.4. The number of hydrogen-bond donors (Lipinski definition) is 0. The average Bonchev–Trinajstić information content (AvgIpc) is 2.52. The molecule has 0 unspecified atom stereocenters. The van der Waals surface area contributed by atoms with Crippen LogP contribution in [0.1, 0.15) is 17.2 Å². The molecule has 0 saturated carbocycles. The van der Waals surface area contributed by atoms with Gasteiger partial charge in [0.2, 0.25) is 40.1 Å². The van der Waals surface area contributed by atoms with E-state index in [0.717, 1.165) is 0 Å². The second kappa shape index (κ2) is 9.17. The lowest BCUT2D eigenvalue weighted by atomic mass is 10.1. The van der Waals surface area contributed by atoms with Gasteiger partial charge in [0.15, 0.2) is 0 Å². The van der Waals surface area contributed by atoms with Gasteiger partial charge >= 0.3 is 0 Å². The van der Waals surface area contributed by atoms with Crippen LogP contribution in [0.4, 0.5) is 0 Å². The highest BCUT2D eigenvalue weighted by atomic mass is 32.3. The number of rotatable bonds is 10. The fourth-order valence-electron chi connectivity index (χ4n) is 2.62. The van der Waals surface area contributed by atoms with Gasteiger partial charge < -0.3 is 0 Å². The van der Waals surface area contributed by atoms with Crippen LogP contribution in [0.3, 0.4) is 0 Å². The summed E-state index contributed by atoms with van der Waals surface area (Å²) in [6, 6.07) is 3.68. The third kappa shape index (κ3) is 7.19. The van der Waals surface area contributed by atoms with Crippen LogP contribution in [0.25, 0.3) is 10.4 Å². The van der Waals surface area contributed by atoms with Crippen LogP contribution >= 0.6 is 0 Å². The monoisotopic (exact) mass is 503 g/mol. The van der Waals surface area contributed by atoms with Gasteiger partial charge in [0.25, 0.3) is 0 Å². The zero-order chi connectivity index (χ0) is 23.5. The van der Waals surface area contributed by atoms with Gasteiger partial charge in [-0.25, -0.2) is 33.7 Å². The minimum Gasteiger partial charge on any atom is -0.212 e. The zero-order valence-electron chi connectivity index (χ0n) is 16.4. The van der Waals surface area contributed by atoms with E-state index in [4.69, 9.17) is 5.53 Å². The molecule has 0 aromatic heterocycles. The Kier molecular flexibility index (Phi) is 8.03. The fourth-order valence-corrected chi connectivity index (χ4v) is 8.68. The highest BCUT2D eigenvalue weighted by Crippen LogP contribution is 2.29. The van der Waals surface area contributed by atoms with E-state index >= 15 is 0 Å². The minimum atomic E-state index is -4.47. The van der Waals surface area contributed by atoms with Crippen molar-refractivity contribution in [2.75, 3.05) is 31.6 Å². The molecule has 30 heavy (non-hydrogen) atoms. The maximum absolute atomic E-state index is 12.3. The van der Waals surface area contributed by atoms with Crippen molar-refractivity contribution in [3.63, 3.8) is 0 Å². The van der Waals surface area contributed by atoms with Crippen LogP contribution in [0.2, 0.25) is 0 Å². The molecular weight excluding hydrogens is 482 g/mol.